The standard InChI is InChI=1S/C8H9N2O/c1-6-3-8(5-9-4-6)10-7(2)11/h3-5H,1H2,2H3,(H,10,11). The summed E-state index contributed by atoms with van der Waals surface area (Å²) in [6, 6.07) is 1.76. The van der Waals surface area contributed by atoms with E-state index < -0.39 is 0 Å². The van der Waals surface area contributed by atoms with Gasteiger partial charge in [-0.2, -0.15) is 0 Å². The van der Waals surface area contributed by atoms with Crippen molar-refractivity contribution >= 4 is 11.6 Å². The van der Waals surface area contributed by atoms with Gasteiger partial charge in [0.15, 0.2) is 0 Å². The molecule has 0 spiro atoms. The number of carbonyl (C=O) groups is 1. The molecule has 3 nitrogen and oxygen atoms in total. The number of aromatic nitrogens is 1. The zero-order chi connectivity index (χ0) is 8.27. The summed E-state index contributed by atoms with van der Waals surface area (Å²) in [4.78, 5) is 14.4. The van der Waals surface area contributed by atoms with Crippen molar-refractivity contribution in [3.8, 4) is 0 Å². The van der Waals surface area contributed by atoms with Crippen LogP contribution < -0.4 is 5.32 Å². The fraction of sp³-hybridized carbons (Fsp3) is 0.125. The molecule has 0 saturated carbocycles. The van der Waals surface area contributed by atoms with Crippen molar-refractivity contribution in [2.75, 3.05) is 5.32 Å². The van der Waals surface area contributed by atoms with Crippen molar-refractivity contribution in [3.63, 3.8) is 0 Å². The van der Waals surface area contributed by atoms with E-state index in [0.717, 1.165) is 5.56 Å². The first kappa shape index (κ1) is 7.72. The minimum atomic E-state index is -0.0996. The molecule has 0 unspecified atom stereocenters. The molecule has 0 fully saturated rings. The van der Waals surface area contributed by atoms with Crippen LogP contribution in [-0.2, 0) is 4.79 Å². The van der Waals surface area contributed by atoms with Gasteiger partial charge in [0.05, 0.1) is 11.9 Å². The molecule has 1 aromatic rings. The Labute approximate surface area is 65.5 Å². The highest BCUT2D eigenvalue weighted by Gasteiger charge is 1.94. The molecule has 1 amide bonds. The predicted octanol–water partition coefficient (Wildman–Crippen LogP) is 1.22. The highest BCUT2D eigenvalue weighted by atomic mass is 16.1. The van der Waals surface area contributed by atoms with Gasteiger partial charge < -0.3 is 5.32 Å². The number of carbonyl (C=O) groups excluding carboxylic acids is 1. The molecule has 0 aliphatic rings. The Morgan fingerprint density at radius 2 is 2.36 bits per heavy atom. The van der Waals surface area contributed by atoms with Crippen LogP contribution in [0.25, 0.3) is 0 Å². The smallest absolute Gasteiger partial charge is 0.221 e. The average molecular weight is 149 g/mol. The molecule has 0 saturated heterocycles. The third-order valence-electron chi connectivity index (χ3n) is 1.12. The van der Waals surface area contributed by atoms with Gasteiger partial charge >= 0.3 is 0 Å². The number of anilines is 1. The first-order valence-electron chi connectivity index (χ1n) is 3.23. The van der Waals surface area contributed by atoms with Crippen LogP contribution in [0.4, 0.5) is 5.69 Å². The van der Waals surface area contributed by atoms with Crippen LogP contribution in [0.15, 0.2) is 18.5 Å². The van der Waals surface area contributed by atoms with Crippen LogP contribution in [-0.4, -0.2) is 10.9 Å². The first-order chi connectivity index (χ1) is 5.18. The second-order valence-electron chi connectivity index (χ2n) is 2.26. The van der Waals surface area contributed by atoms with Gasteiger partial charge in [-0.25, -0.2) is 0 Å². The molecular weight excluding hydrogens is 140 g/mol. The van der Waals surface area contributed by atoms with Gasteiger partial charge in [-0.1, -0.05) is 0 Å². The lowest BCUT2D eigenvalue weighted by Gasteiger charge is -2.00. The number of amides is 1. The van der Waals surface area contributed by atoms with Gasteiger partial charge in [0.1, 0.15) is 0 Å². The molecule has 0 bridgehead atoms. The predicted molar refractivity (Wildman–Crippen MR) is 43.0 cm³/mol. The Hall–Kier alpha value is -1.38. The molecule has 1 rings (SSSR count). The van der Waals surface area contributed by atoms with E-state index in [9.17, 15) is 4.79 Å². The van der Waals surface area contributed by atoms with Crippen LogP contribution >= 0.6 is 0 Å². The molecule has 1 aromatic heterocycles. The van der Waals surface area contributed by atoms with Gasteiger partial charge in [-0.05, 0) is 18.6 Å². The van der Waals surface area contributed by atoms with Crippen molar-refractivity contribution in [3.05, 3.63) is 30.9 Å². The Morgan fingerprint density at radius 3 is 2.91 bits per heavy atom. The van der Waals surface area contributed by atoms with Gasteiger partial charge in [-0.3, -0.25) is 9.78 Å². The Morgan fingerprint density at radius 1 is 1.64 bits per heavy atom. The lowest BCUT2D eigenvalue weighted by Crippen LogP contribution is -2.05. The van der Waals surface area contributed by atoms with Crippen LogP contribution in [0.5, 0.6) is 0 Å². The zero-order valence-corrected chi connectivity index (χ0v) is 6.29. The van der Waals surface area contributed by atoms with Crippen molar-refractivity contribution in [1.82, 2.24) is 4.98 Å². The summed E-state index contributed by atoms with van der Waals surface area (Å²) < 4.78 is 0. The lowest BCUT2D eigenvalue weighted by atomic mass is 10.3. The summed E-state index contributed by atoms with van der Waals surface area (Å²) >= 11 is 0. The second-order valence-corrected chi connectivity index (χ2v) is 2.26. The molecule has 3 heteroatoms. The Balaban J connectivity index is 2.79. The molecule has 57 valence electrons. The number of hydrogen-bond donors (Lipinski definition) is 1. The molecule has 11 heavy (non-hydrogen) atoms. The van der Waals surface area contributed by atoms with E-state index in [1.165, 1.54) is 6.92 Å². The van der Waals surface area contributed by atoms with Crippen molar-refractivity contribution in [1.29, 1.82) is 0 Å². The molecule has 1 radical (unpaired) electrons. The summed E-state index contributed by atoms with van der Waals surface area (Å²) in [5.74, 6) is -0.0996. The quantitative estimate of drug-likeness (QED) is 0.652. The highest BCUT2D eigenvalue weighted by molar-refractivity contribution is 5.88. The summed E-state index contributed by atoms with van der Waals surface area (Å²) in [6.45, 7) is 5.13. The number of pyridine rings is 1. The third-order valence-corrected chi connectivity index (χ3v) is 1.12. The van der Waals surface area contributed by atoms with Crippen molar-refractivity contribution in [2.24, 2.45) is 0 Å². The second kappa shape index (κ2) is 3.14. The van der Waals surface area contributed by atoms with E-state index in [1.807, 2.05) is 0 Å². The summed E-state index contributed by atoms with van der Waals surface area (Å²) in [5.41, 5.74) is 1.47. The molecule has 1 N–H and O–H groups in total. The third kappa shape index (κ3) is 2.37. The molecule has 0 atom stereocenters. The van der Waals surface area contributed by atoms with Gasteiger partial charge in [0.2, 0.25) is 5.91 Å². The Bertz CT molecular complexity index is 271. The van der Waals surface area contributed by atoms with E-state index in [4.69, 9.17) is 0 Å². The normalized spacial score (nSPS) is 9.27. The van der Waals surface area contributed by atoms with E-state index in [-0.39, 0.29) is 5.91 Å². The van der Waals surface area contributed by atoms with E-state index in [2.05, 4.69) is 17.2 Å². The maximum Gasteiger partial charge on any atom is 0.221 e. The van der Waals surface area contributed by atoms with Crippen LogP contribution in [0.2, 0.25) is 0 Å². The van der Waals surface area contributed by atoms with Crippen LogP contribution in [0, 0.1) is 6.92 Å². The fourth-order valence-corrected chi connectivity index (χ4v) is 0.759. The first-order valence-corrected chi connectivity index (χ1v) is 3.23. The number of hydrogen-bond acceptors (Lipinski definition) is 2. The van der Waals surface area contributed by atoms with E-state index in [0.29, 0.717) is 5.69 Å². The maximum atomic E-state index is 10.6. The number of nitrogens with zero attached hydrogens (tertiary/aromatic N) is 1. The highest BCUT2D eigenvalue weighted by Crippen LogP contribution is 2.06. The zero-order valence-electron chi connectivity index (χ0n) is 6.29. The fourth-order valence-electron chi connectivity index (χ4n) is 0.759. The van der Waals surface area contributed by atoms with Gasteiger partial charge in [0.25, 0.3) is 0 Å². The SMILES string of the molecule is [CH2]c1cncc(NC(C)=O)c1. The van der Waals surface area contributed by atoms with Crippen LogP contribution in [0.3, 0.4) is 0 Å². The summed E-state index contributed by atoms with van der Waals surface area (Å²) in [7, 11) is 0. The molecule has 0 aliphatic heterocycles. The Kier molecular flexibility index (Phi) is 2.21. The summed E-state index contributed by atoms with van der Waals surface area (Å²) in [6.07, 6.45) is 3.21. The number of nitrogens with one attached hydrogen (secondary N) is 1. The van der Waals surface area contributed by atoms with Gasteiger partial charge in [-0.15, -0.1) is 0 Å². The van der Waals surface area contributed by atoms with Gasteiger partial charge in [0, 0.05) is 13.1 Å². The largest absolute Gasteiger partial charge is 0.325 e. The monoisotopic (exact) mass is 149 g/mol. The van der Waals surface area contributed by atoms with Crippen molar-refractivity contribution < 1.29 is 4.79 Å². The molecule has 1 heterocycles. The minimum Gasteiger partial charge on any atom is -0.325 e. The van der Waals surface area contributed by atoms with Crippen LogP contribution in [0.1, 0.15) is 12.5 Å². The maximum absolute atomic E-state index is 10.6. The summed E-state index contributed by atoms with van der Waals surface area (Å²) in [5, 5.41) is 2.60. The average Bonchev–Trinajstić information content (AvgIpc) is 1.85. The molecule has 0 aromatic carbocycles. The minimum absolute atomic E-state index is 0.0996. The topological polar surface area (TPSA) is 42.0 Å². The van der Waals surface area contributed by atoms with E-state index in [1.54, 1.807) is 18.5 Å². The molecular formula is C8H9N2O. The molecule has 0 aliphatic carbocycles. The van der Waals surface area contributed by atoms with E-state index >= 15 is 0 Å². The van der Waals surface area contributed by atoms with Crippen molar-refractivity contribution in [2.45, 2.75) is 6.92 Å². The lowest BCUT2D eigenvalue weighted by molar-refractivity contribution is -0.114. The number of rotatable bonds is 1.